The van der Waals surface area contributed by atoms with E-state index >= 15 is 0 Å². The number of hydrogen-bond donors (Lipinski definition) is 1. The van der Waals surface area contributed by atoms with Gasteiger partial charge in [-0.2, -0.15) is 0 Å². The summed E-state index contributed by atoms with van der Waals surface area (Å²) in [6.45, 7) is 7.02. The number of aliphatic hydroxyl groups excluding tert-OH is 1. The number of Topliss-reactive ketones (excluding diaryl/α,β-unsaturated/α-hetero) is 1. The van der Waals surface area contributed by atoms with Crippen LogP contribution in [0, 0.1) is 40.4 Å². The highest BCUT2D eigenvalue weighted by atomic mass is 16.3. The molecule has 2 heteroatoms. The Labute approximate surface area is 141 Å². The van der Waals surface area contributed by atoms with E-state index in [1.807, 2.05) is 0 Å². The molecule has 0 radical (unpaired) electrons. The molecule has 4 rings (SSSR count). The zero-order valence-corrected chi connectivity index (χ0v) is 15.2. The van der Waals surface area contributed by atoms with Crippen LogP contribution >= 0.6 is 0 Å². The van der Waals surface area contributed by atoms with E-state index in [1.165, 1.54) is 25.7 Å². The minimum atomic E-state index is -0.0592. The van der Waals surface area contributed by atoms with Gasteiger partial charge in [-0.3, -0.25) is 4.79 Å². The first kappa shape index (κ1) is 16.1. The SMILES string of the molecule is CCC1C[C@H]2[C@@H]3CCC4CC(O)CC[C@]4(C)[C@@H]3CC[C@]2(C)C1=O. The lowest BCUT2D eigenvalue weighted by molar-refractivity contribution is -0.143. The maximum Gasteiger partial charge on any atom is 0.142 e. The fourth-order valence-electron chi connectivity index (χ4n) is 7.53. The maximum absolute atomic E-state index is 12.9. The summed E-state index contributed by atoms with van der Waals surface area (Å²) in [5.41, 5.74) is 0.413. The molecule has 0 aromatic carbocycles. The normalized spacial score (nSPS) is 55.9. The summed E-state index contributed by atoms with van der Waals surface area (Å²) < 4.78 is 0. The van der Waals surface area contributed by atoms with Gasteiger partial charge in [-0.1, -0.05) is 20.8 Å². The molecule has 0 aliphatic heterocycles. The Hall–Kier alpha value is -0.370. The van der Waals surface area contributed by atoms with Gasteiger partial charge in [-0.15, -0.1) is 0 Å². The van der Waals surface area contributed by atoms with Crippen molar-refractivity contribution in [3.05, 3.63) is 0 Å². The number of ketones is 1. The topological polar surface area (TPSA) is 37.3 Å². The molecule has 23 heavy (non-hydrogen) atoms. The molecule has 0 aromatic heterocycles. The molecule has 4 aliphatic carbocycles. The van der Waals surface area contributed by atoms with Crippen molar-refractivity contribution in [3.63, 3.8) is 0 Å². The van der Waals surface area contributed by atoms with Gasteiger partial charge in [0.25, 0.3) is 0 Å². The Morgan fingerprint density at radius 1 is 1.04 bits per heavy atom. The first-order valence-electron chi connectivity index (χ1n) is 10.1. The third-order valence-corrected chi connectivity index (χ3v) is 8.99. The third-order valence-electron chi connectivity index (χ3n) is 8.99. The van der Waals surface area contributed by atoms with Crippen molar-refractivity contribution in [2.24, 2.45) is 40.4 Å². The minimum Gasteiger partial charge on any atom is -0.393 e. The molecule has 4 saturated carbocycles. The second-order valence-electron chi connectivity index (χ2n) is 9.75. The number of rotatable bonds is 1. The van der Waals surface area contributed by atoms with Crippen molar-refractivity contribution in [3.8, 4) is 0 Å². The summed E-state index contributed by atoms with van der Waals surface area (Å²) in [6.07, 6.45) is 10.3. The standard InChI is InChI=1S/C21H34O2/c1-4-13-11-18-16-6-5-14-12-15(22)7-9-20(14,2)17(16)8-10-21(18,3)19(13)23/h13-18,22H,4-12H2,1-3H3/t13?,14?,15?,16-,17-,18+,20+,21+/m1/s1. The molecular weight excluding hydrogens is 284 g/mol. The van der Waals surface area contributed by atoms with E-state index in [4.69, 9.17) is 0 Å². The van der Waals surface area contributed by atoms with E-state index in [9.17, 15) is 9.90 Å². The Morgan fingerprint density at radius 2 is 1.83 bits per heavy atom. The van der Waals surface area contributed by atoms with Crippen LogP contribution in [0.15, 0.2) is 0 Å². The number of fused-ring (bicyclic) bond motifs is 5. The van der Waals surface area contributed by atoms with E-state index in [-0.39, 0.29) is 11.5 Å². The Kier molecular flexibility index (Phi) is 3.72. The van der Waals surface area contributed by atoms with E-state index in [0.717, 1.165) is 49.9 Å². The fourth-order valence-corrected chi connectivity index (χ4v) is 7.53. The summed E-state index contributed by atoms with van der Waals surface area (Å²) in [4.78, 5) is 12.9. The van der Waals surface area contributed by atoms with Crippen LogP contribution in [0.5, 0.6) is 0 Å². The lowest BCUT2D eigenvalue weighted by atomic mass is 9.45. The highest BCUT2D eigenvalue weighted by Gasteiger charge is 2.61. The van der Waals surface area contributed by atoms with Gasteiger partial charge in [0.2, 0.25) is 0 Å². The molecule has 0 amide bonds. The molecule has 4 aliphatic rings. The van der Waals surface area contributed by atoms with Crippen LogP contribution in [0.1, 0.15) is 78.6 Å². The predicted octanol–water partition coefficient (Wildman–Crippen LogP) is 4.60. The molecule has 0 heterocycles. The molecular formula is C21H34O2. The van der Waals surface area contributed by atoms with Crippen LogP contribution in [-0.2, 0) is 4.79 Å². The van der Waals surface area contributed by atoms with Crippen molar-refractivity contribution < 1.29 is 9.90 Å². The molecule has 0 saturated heterocycles. The molecule has 8 atom stereocenters. The Morgan fingerprint density at radius 3 is 2.57 bits per heavy atom. The van der Waals surface area contributed by atoms with Crippen LogP contribution in [0.4, 0.5) is 0 Å². The Balaban J connectivity index is 1.63. The second-order valence-corrected chi connectivity index (χ2v) is 9.75. The Bertz CT molecular complexity index is 500. The summed E-state index contributed by atoms with van der Waals surface area (Å²) >= 11 is 0. The van der Waals surface area contributed by atoms with Crippen molar-refractivity contribution in [2.75, 3.05) is 0 Å². The summed E-state index contributed by atoms with van der Waals surface area (Å²) in [6, 6.07) is 0. The van der Waals surface area contributed by atoms with Gasteiger partial charge in [-0.05, 0) is 86.9 Å². The summed E-state index contributed by atoms with van der Waals surface area (Å²) in [7, 11) is 0. The number of hydrogen-bond acceptors (Lipinski definition) is 2. The quantitative estimate of drug-likeness (QED) is 0.767. The first-order chi connectivity index (χ1) is 10.9. The second kappa shape index (κ2) is 5.31. The lowest BCUT2D eigenvalue weighted by Gasteiger charge is -2.60. The molecule has 3 unspecified atom stereocenters. The fraction of sp³-hybridized carbons (Fsp3) is 0.952. The number of carbonyl (C=O) groups excluding carboxylic acids is 1. The molecule has 4 fully saturated rings. The molecule has 1 N–H and O–H groups in total. The lowest BCUT2D eigenvalue weighted by Crippen LogP contribution is -2.54. The van der Waals surface area contributed by atoms with Crippen LogP contribution in [0.3, 0.4) is 0 Å². The number of carbonyl (C=O) groups is 1. The smallest absolute Gasteiger partial charge is 0.142 e. The van der Waals surface area contributed by atoms with Crippen molar-refractivity contribution >= 4 is 5.78 Å². The van der Waals surface area contributed by atoms with Gasteiger partial charge in [0, 0.05) is 11.3 Å². The third kappa shape index (κ3) is 2.12. The van der Waals surface area contributed by atoms with Gasteiger partial charge in [0.05, 0.1) is 6.10 Å². The summed E-state index contributed by atoms with van der Waals surface area (Å²) in [5, 5.41) is 10.1. The minimum absolute atomic E-state index is 0.0147. The largest absolute Gasteiger partial charge is 0.393 e. The van der Waals surface area contributed by atoms with Gasteiger partial charge in [-0.25, -0.2) is 0 Å². The first-order valence-corrected chi connectivity index (χ1v) is 10.1. The van der Waals surface area contributed by atoms with E-state index < -0.39 is 0 Å². The van der Waals surface area contributed by atoms with Crippen LogP contribution in [0.2, 0.25) is 0 Å². The van der Waals surface area contributed by atoms with E-state index in [1.54, 1.807) is 0 Å². The van der Waals surface area contributed by atoms with Gasteiger partial charge in [0.15, 0.2) is 0 Å². The van der Waals surface area contributed by atoms with Gasteiger partial charge < -0.3 is 5.11 Å². The zero-order chi connectivity index (χ0) is 16.4. The highest BCUT2D eigenvalue weighted by Crippen LogP contribution is 2.66. The molecule has 130 valence electrons. The monoisotopic (exact) mass is 318 g/mol. The summed E-state index contributed by atoms with van der Waals surface area (Å²) in [5.74, 6) is 3.86. The number of aliphatic hydroxyl groups is 1. The molecule has 0 aromatic rings. The van der Waals surface area contributed by atoms with Crippen molar-refractivity contribution in [1.29, 1.82) is 0 Å². The van der Waals surface area contributed by atoms with Crippen LogP contribution in [-0.4, -0.2) is 17.0 Å². The predicted molar refractivity (Wildman–Crippen MR) is 91.9 cm³/mol. The van der Waals surface area contributed by atoms with E-state index in [2.05, 4.69) is 20.8 Å². The van der Waals surface area contributed by atoms with Gasteiger partial charge in [0.1, 0.15) is 5.78 Å². The van der Waals surface area contributed by atoms with Crippen molar-refractivity contribution in [2.45, 2.75) is 84.7 Å². The van der Waals surface area contributed by atoms with Crippen molar-refractivity contribution in [1.82, 2.24) is 0 Å². The highest BCUT2D eigenvalue weighted by molar-refractivity contribution is 5.89. The zero-order valence-electron chi connectivity index (χ0n) is 15.2. The average Bonchev–Trinajstić information content (AvgIpc) is 2.79. The molecule has 2 nitrogen and oxygen atoms in total. The van der Waals surface area contributed by atoms with Crippen LogP contribution < -0.4 is 0 Å². The van der Waals surface area contributed by atoms with Gasteiger partial charge >= 0.3 is 0 Å². The molecule has 0 bridgehead atoms. The molecule has 0 spiro atoms. The van der Waals surface area contributed by atoms with Crippen LogP contribution in [0.25, 0.3) is 0 Å². The van der Waals surface area contributed by atoms with E-state index in [0.29, 0.717) is 23.0 Å². The average molecular weight is 319 g/mol. The maximum atomic E-state index is 12.9.